The third kappa shape index (κ3) is 2.68. The summed E-state index contributed by atoms with van der Waals surface area (Å²) >= 11 is 3.51. The first-order chi connectivity index (χ1) is 8.30. The zero-order valence-electron chi connectivity index (χ0n) is 10.7. The molecule has 0 atom stereocenters. The summed E-state index contributed by atoms with van der Waals surface area (Å²) in [6, 6.07) is 0. The zero-order valence-corrected chi connectivity index (χ0v) is 12.2. The minimum atomic E-state index is 1.17. The molecular formula is C12H24BrN4+. The Bertz CT molecular complexity index is 236. The maximum Gasteiger partial charge on any atom is 0.139 e. The molecule has 4 saturated heterocycles. The van der Waals surface area contributed by atoms with E-state index in [0.29, 0.717) is 0 Å². The van der Waals surface area contributed by atoms with E-state index >= 15 is 0 Å². The van der Waals surface area contributed by atoms with Crippen LogP contribution in [0.4, 0.5) is 0 Å². The number of halogens is 1. The highest BCUT2D eigenvalue weighted by Gasteiger charge is 2.47. The third-order valence-corrected chi connectivity index (χ3v) is 4.78. The Balaban J connectivity index is 1.49. The lowest BCUT2D eigenvalue weighted by molar-refractivity contribution is -0.980. The van der Waals surface area contributed by atoms with Crippen molar-refractivity contribution >= 4 is 15.9 Å². The van der Waals surface area contributed by atoms with Gasteiger partial charge in [0.25, 0.3) is 0 Å². The molecule has 0 aromatic heterocycles. The fourth-order valence-electron chi connectivity index (χ4n) is 3.77. The van der Waals surface area contributed by atoms with Crippen molar-refractivity contribution in [3.8, 4) is 0 Å². The molecule has 0 saturated carbocycles. The molecule has 4 nitrogen and oxygen atoms in total. The normalized spacial score (nSPS) is 43.2. The summed E-state index contributed by atoms with van der Waals surface area (Å²) in [6.45, 7) is 8.90. The number of nitrogens with zero attached hydrogens (tertiary/aromatic N) is 4. The zero-order chi connectivity index (χ0) is 11.7. The highest BCUT2D eigenvalue weighted by Crippen LogP contribution is 2.29. The van der Waals surface area contributed by atoms with Gasteiger partial charge in [0.15, 0.2) is 0 Å². The summed E-state index contributed by atoms with van der Waals surface area (Å²) in [6.07, 6.45) is 5.54. The molecular weight excluding hydrogens is 280 g/mol. The van der Waals surface area contributed by atoms with Crippen molar-refractivity contribution < 1.29 is 4.48 Å². The van der Waals surface area contributed by atoms with E-state index in [9.17, 15) is 0 Å². The van der Waals surface area contributed by atoms with E-state index in [4.69, 9.17) is 0 Å². The summed E-state index contributed by atoms with van der Waals surface area (Å²) in [5, 5.41) is 1.17. The van der Waals surface area contributed by atoms with Gasteiger partial charge in [-0.1, -0.05) is 22.4 Å². The SMILES string of the molecule is BrCCCCCC[N+]12CN3CN(CN(C3)C1)C2. The Morgan fingerprint density at radius 1 is 0.765 bits per heavy atom. The van der Waals surface area contributed by atoms with Crippen molar-refractivity contribution in [2.75, 3.05) is 51.9 Å². The first-order valence-electron chi connectivity index (χ1n) is 6.88. The van der Waals surface area contributed by atoms with Gasteiger partial charge in [-0.15, -0.1) is 0 Å². The Hall–Kier alpha value is 0.320. The molecule has 4 heterocycles. The summed E-state index contributed by atoms with van der Waals surface area (Å²) in [5.74, 6) is 0. The van der Waals surface area contributed by atoms with Crippen molar-refractivity contribution in [3.05, 3.63) is 0 Å². The first-order valence-corrected chi connectivity index (χ1v) is 8.00. The monoisotopic (exact) mass is 303 g/mol. The van der Waals surface area contributed by atoms with Crippen LogP contribution in [0.1, 0.15) is 25.7 Å². The number of alkyl halides is 1. The van der Waals surface area contributed by atoms with Crippen LogP contribution >= 0.6 is 15.9 Å². The molecule has 4 aliphatic heterocycles. The quantitative estimate of drug-likeness (QED) is 0.418. The van der Waals surface area contributed by atoms with Crippen LogP contribution < -0.4 is 0 Å². The van der Waals surface area contributed by atoms with Crippen molar-refractivity contribution in [1.82, 2.24) is 14.7 Å². The largest absolute Gasteiger partial charge is 0.286 e. The van der Waals surface area contributed by atoms with E-state index in [1.807, 2.05) is 0 Å². The molecule has 0 N–H and O–H groups in total. The summed E-state index contributed by atoms with van der Waals surface area (Å²) in [7, 11) is 0. The molecule has 0 amide bonds. The molecule has 4 fully saturated rings. The van der Waals surface area contributed by atoms with Gasteiger partial charge in [-0.25, -0.2) is 14.7 Å². The molecule has 4 rings (SSSR count). The molecule has 0 unspecified atom stereocenters. The van der Waals surface area contributed by atoms with Crippen LogP contribution in [0, 0.1) is 0 Å². The van der Waals surface area contributed by atoms with Gasteiger partial charge in [0.05, 0.1) is 26.6 Å². The number of unbranched alkanes of at least 4 members (excludes halogenated alkanes) is 3. The molecule has 4 bridgehead atoms. The third-order valence-electron chi connectivity index (χ3n) is 4.22. The fraction of sp³-hybridized carbons (Fsp3) is 1.00. The van der Waals surface area contributed by atoms with Crippen LogP contribution in [0.25, 0.3) is 0 Å². The highest BCUT2D eigenvalue weighted by molar-refractivity contribution is 9.09. The Labute approximate surface area is 113 Å². The molecule has 0 aromatic carbocycles. The Morgan fingerprint density at radius 3 is 1.82 bits per heavy atom. The van der Waals surface area contributed by atoms with E-state index in [0.717, 1.165) is 0 Å². The van der Waals surface area contributed by atoms with E-state index < -0.39 is 0 Å². The van der Waals surface area contributed by atoms with Gasteiger partial charge in [-0.2, -0.15) is 0 Å². The Morgan fingerprint density at radius 2 is 1.29 bits per heavy atom. The number of quaternary nitrogens is 1. The fourth-order valence-corrected chi connectivity index (χ4v) is 4.16. The van der Waals surface area contributed by atoms with E-state index in [1.165, 1.54) is 82.1 Å². The minimum absolute atomic E-state index is 1.17. The minimum Gasteiger partial charge on any atom is -0.286 e. The van der Waals surface area contributed by atoms with Crippen molar-refractivity contribution in [3.63, 3.8) is 0 Å². The predicted molar refractivity (Wildman–Crippen MR) is 72.1 cm³/mol. The second-order valence-corrected chi connectivity index (χ2v) is 6.82. The van der Waals surface area contributed by atoms with Crippen molar-refractivity contribution in [1.29, 1.82) is 0 Å². The molecule has 5 heteroatoms. The number of rotatable bonds is 6. The highest BCUT2D eigenvalue weighted by atomic mass is 79.9. The topological polar surface area (TPSA) is 9.72 Å². The lowest BCUT2D eigenvalue weighted by Crippen LogP contribution is -2.79. The van der Waals surface area contributed by atoms with Crippen LogP contribution in [-0.4, -0.2) is 71.1 Å². The van der Waals surface area contributed by atoms with Gasteiger partial charge in [-0.3, -0.25) is 4.48 Å². The summed E-state index contributed by atoms with van der Waals surface area (Å²) in [4.78, 5) is 7.82. The van der Waals surface area contributed by atoms with Crippen LogP contribution in [0.2, 0.25) is 0 Å². The van der Waals surface area contributed by atoms with Crippen LogP contribution in [0.15, 0.2) is 0 Å². The summed E-state index contributed by atoms with van der Waals surface area (Å²) in [5.41, 5.74) is 0. The van der Waals surface area contributed by atoms with Gasteiger partial charge in [0.2, 0.25) is 0 Å². The van der Waals surface area contributed by atoms with E-state index in [-0.39, 0.29) is 0 Å². The van der Waals surface area contributed by atoms with Gasteiger partial charge >= 0.3 is 0 Å². The van der Waals surface area contributed by atoms with Gasteiger partial charge < -0.3 is 0 Å². The van der Waals surface area contributed by atoms with Crippen molar-refractivity contribution in [2.45, 2.75) is 25.7 Å². The molecule has 98 valence electrons. The molecule has 0 aliphatic carbocycles. The van der Waals surface area contributed by atoms with Crippen molar-refractivity contribution in [2.24, 2.45) is 0 Å². The lowest BCUT2D eigenvalue weighted by Gasteiger charge is -2.60. The van der Waals surface area contributed by atoms with Gasteiger partial charge in [-0.05, 0) is 19.3 Å². The lowest BCUT2D eigenvalue weighted by atomic mass is 10.1. The second kappa shape index (κ2) is 5.13. The smallest absolute Gasteiger partial charge is 0.139 e. The average Bonchev–Trinajstić information content (AvgIpc) is 2.26. The molecule has 0 spiro atoms. The maximum atomic E-state index is 3.51. The average molecular weight is 304 g/mol. The molecule has 4 aliphatic rings. The van der Waals surface area contributed by atoms with E-state index in [2.05, 4.69) is 30.6 Å². The van der Waals surface area contributed by atoms with Crippen LogP contribution in [0.3, 0.4) is 0 Å². The maximum absolute atomic E-state index is 3.51. The number of hydrogen-bond acceptors (Lipinski definition) is 3. The second-order valence-electron chi connectivity index (χ2n) is 6.03. The first kappa shape index (κ1) is 12.4. The molecule has 0 radical (unpaired) electrons. The van der Waals surface area contributed by atoms with Gasteiger partial charge in [0.1, 0.15) is 20.0 Å². The molecule has 0 aromatic rings. The molecule has 17 heavy (non-hydrogen) atoms. The van der Waals surface area contributed by atoms with Gasteiger partial charge in [0, 0.05) is 5.33 Å². The Kier molecular flexibility index (Phi) is 3.73. The standard InChI is InChI=1S/C12H24BrN4/c13-5-3-1-2-4-6-17-10-14-7-15(11-17)9-16(8-14)12-17/h1-12H2/q+1. The summed E-state index contributed by atoms with van der Waals surface area (Å²) < 4.78 is 1.31. The predicted octanol–water partition coefficient (Wildman–Crippen LogP) is 1.45. The van der Waals surface area contributed by atoms with Crippen LogP contribution in [0.5, 0.6) is 0 Å². The van der Waals surface area contributed by atoms with Crippen LogP contribution in [-0.2, 0) is 0 Å². The van der Waals surface area contributed by atoms with E-state index in [1.54, 1.807) is 0 Å². The number of hydrogen-bond donors (Lipinski definition) is 0.